The first-order valence-electron chi connectivity index (χ1n) is 13.4. The van der Waals surface area contributed by atoms with E-state index in [0.29, 0.717) is 5.41 Å². The molecule has 1 aliphatic carbocycles. The van der Waals surface area contributed by atoms with Crippen molar-refractivity contribution in [1.29, 1.82) is 0 Å². The Morgan fingerprint density at radius 1 is 0.879 bits per heavy atom. The van der Waals surface area contributed by atoms with E-state index < -0.39 is 0 Å². The zero-order chi connectivity index (χ0) is 22.6. The molecule has 0 atom stereocenters. The Morgan fingerprint density at radius 2 is 1.55 bits per heavy atom. The highest BCUT2D eigenvalue weighted by Crippen LogP contribution is 2.46. The number of benzene rings is 1. The van der Waals surface area contributed by atoms with Crippen molar-refractivity contribution in [2.45, 2.75) is 72.1 Å². The number of morpholine rings is 1. The molecule has 1 aromatic carbocycles. The van der Waals surface area contributed by atoms with Gasteiger partial charge >= 0.3 is 0 Å². The van der Waals surface area contributed by atoms with Gasteiger partial charge in [0, 0.05) is 50.6 Å². The summed E-state index contributed by atoms with van der Waals surface area (Å²) in [5.41, 5.74) is 4.99. The van der Waals surface area contributed by atoms with Gasteiger partial charge in [0.25, 0.3) is 0 Å². The molecule has 0 bridgehead atoms. The van der Waals surface area contributed by atoms with Crippen molar-refractivity contribution < 1.29 is 4.74 Å². The molecule has 2 saturated heterocycles. The second kappa shape index (κ2) is 12.1. The summed E-state index contributed by atoms with van der Waals surface area (Å²) in [5.74, 6) is 1.59. The summed E-state index contributed by atoms with van der Waals surface area (Å²) in [7, 11) is 0. The first-order valence-corrected chi connectivity index (χ1v) is 13.4. The smallest absolute Gasteiger partial charge is 0.0642 e. The Hall–Kier alpha value is -0.970. The van der Waals surface area contributed by atoms with Crippen molar-refractivity contribution in [3.05, 3.63) is 23.8 Å². The van der Waals surface area contributed by atoms with Gasteiger partial charge in [0.15, 0.2) is 0 Å². The fourth-order valence-electron chi connectivity index (χ4n) is 6.03. The zero-order valence-electron chi connectivity index (χ0n) is 21.7. The van der Waals surface area contributed by atoms with Gasteiger partial charge in [-0.15, -0.1) is 12.4 Å². The molecule has 3 aliphatic rings. The molecule has 2 aliphatic heterocycles. The number of nitrogens with zero attached hydrogens (tertiary/aromatic N) is 3. The van der Waals surface area contributed by atoms with E-state index in [1.165, 1.54) is 82.6 Å². The van der Waals surface area contributed by atoms with Gasteiger partial charge in [-0.1, -0.05) is 40.2 Å². The maximum absolute atomic E-state index is 5.61. The minimum absolute atomic E-state index is 0. The van der Waals surface area contributed by atoms with Crippen LogP contribution in [-0.2, 0) is 4.74 Å². The number of unbranched alkanes of at least 4 members (excludes halogenated alkanes) is 1. The second-order valence-corrected chi connectivity index (χ2v) is 11.4. The zero-order valence-corrected chi connectivity index (χ0v) is 22.5. The number of hydrogen-bond acceptors (Lipinski definition) is 4. The highest BCUT2D eigenvalue weighted by atomic mass is 35.5. The van der Waals surface area contributed by atoms with Crippen LogP contribution in [0.25, 0.3) is 0 Å². The summed E-state index contributed by atoms with van der Waals surface area (Å²) in [6, 6.07) is 7.42. The van der Waals surface area contributed by atoms with Crippen LogP contribution >= 0.6 is 12.4 Å². The number of halogens is 1. The number of hydrogen-bond donors (Lipinski definition) is 0. The largest absolute Gasteiger partial charge is 0.378 e. The minimum atomic E-state index is 0. The fraction of sp³-hybridized carbons (Fsp3) is 0.786. The highest BCUT2D eigenvalue weighted by molar-refractivity contribution is 5.85. The monoisotopic (exact) mass is 477 g/mol. The Balaban J connectivity index is 0.00000306. The fourth-order valence-corrected chi connectivity index (χ4v) is 6.03. The normalized spacial score (nSPS) is 25.1. The lowest BCUT2D eigenvalue weighted by Gasteiger charge is -2.41. The summed E-state index contributed by atoms with van der Waals surface area (Å²) >= 11 is 0. The van der Waals surface area contributed by atoms with Gasteiger partial charge in [0.1, 0.15) is 0 Å². The Morgan fingerprint density at radius 3 is 2.15 bits per heavy atom. The second-order valence-electron chi connectivity index (χ2n) is 11.4. The molecular weight excluding hydrogens is 430 g/mol. The van der Waals surface area contributed by atoms with Crippen LogP contribution in [-0.4, -0.2) is 63.9 Å². The predicted octanol–water partition coefficient (Wildman–Crippen LogP) is 6.19. The van der Waals surface area contributed by atoms with E-state index in [-0.39, 0.29) is 12.4 Å². The van der Waals surface area contributed by atoms with Crippen molar-refractivity contribution in [3.63, 3.8) is 0 Å². The summed E-state index contributed by atoms with van der Waals surface area (Å²) < 4.78 is 5.61. The van der Waals surface area contributed by atoms with E-state index in [9.17, 15) is 0 Å². The maximum atomic E-state index is 5.61. The van der Waals surface area contributed by atoms with Gasteiger partial charge in [-0.2, -0.15) is 0 Å². The van der Waals surface area contributed by atoms with Crippen LogP contribution < -0.4 is 9.80 Å². The van der Waals surface area contributed by atoms with Crippen LogP contribution in [0.15, 0.2) is 18.2 Å². The molecule has 0 amide bonds. The van der Waals surface area contributed by atoms with Crippen LogP contribution in [0, 0.1) is 11.3 Å². The van der Waals surface area contributed by atoms with E-state index in [1.54, 1.807) is 5.56 Å². The van der Waals surface area contributed by atoms with Crippen molar-refractivity contribution in [2.75, 3.05) is 68.8 Å². The lowest BCUT2D eigenvalue weighted by molar-refractivity contribution is 0.122. The van der Waals surface area contributed by atoms with E-state index in [4.69, 9.17) is 4.74 Å². The van der Waals surface area contributed by atoms with Crippen LogP contribution in [0.1, 0.15) is 77.7 Å². The average Bonchev–Trinajstić information content (AvgIpc) is 2.83. The molecule has 0 N–H and O–H groups in total. The lowest BCUT2D eigenvalue weighted by Crippen LogP contribution is -2.47. The summed E-state index contributed by atoms with van der Waals surface area (Å²) in [5, 5.41) is 0. The molecule has 0 spiro atoms. The third kappa shape index (κ3) is 6.80. The number of ether oxygens (including phenoxy) is 1. The van der Waals surface area contributed by atoms with Gasteiger partial charge in [-0.3, -0.25) is 4.90 Å². The molecule has 3 fully saturated rings. The molecule has 2 heterocycles. The Labute approximate surface area is 209 Å². The molecule has 4 nitrogen and oxygen atoms in total. The van der Waals surface area contributed by atoms with Crippen molar-refractivity contribution >= 4 is 23.8 Å². The molecule has 0 aromatic heterocycles. The molecule has 0 unspecified atom stereocenters. The van der Waals surface area contributed by atoms with E-state index in [1.807, 2.05) is 0 Å². The Bertz CT molecular complexity index is 712. The lowest BCUT2D eigenvalue weighted by atomic mass is 9.68. The molecule has 0 radical (unpaired) electrons. The van der Waals surface area contributed by atoms with Gasteiger partial charge < -0.3 is 14.5 Å². The summed E-state index contributed by atoms with van der Waals surface area (Å²) in [6.07, 6.45) is 8.08. The molecule has 1 aromatic rings. The summed E-state index contributed by atoms with van der Waals surface area (Å²) in [4.78, 5) is 7.89. The number of rotatable bonds is 6. The number of piperazine rings is 1. The van der Waals surface area contributed by atoms with Crippen molar-refractivity contribution in [3.8, 4) is 0 Å². The van der Waals surface area contributed by atoms with Gasteiger partial charge in [-0.25, -0.2) is 0 Å². The van der Waals surface area contributed by atoms with Crippen LogP contribution in [0.3, 0.4) is 0 Å². The average molecular weight is 478 g/mol. The van der Waals surface area contributed by atoms with E-state index in [0.717, 1.165) is 38.1 Å². The molecular formula is C28H48ClN3O. The summed E-state index contributed by atoms with van der Waals surface area (Å²) in [6.45, 7) is 19.3. The predicted molar refractivity (Wildman–Crippen MR) is 144 cm³/mol. The molecule has 33 heavy (non-hydrogen) atoms. The van der Waals surface area contributed by atoms with E-state index >= 15 is 0 Å². The van der Waals surface area contributed by atoms with Crippen LogP contribution in [0.5, 0.6) is 0 Å². The number of anilines is 2. The molecule has 4 rings (SSSR count). The minimum Gasteiger partial charge on any atom is -0.378 e. The first kappa shape index (κ1) is 26.6. The first-order chi connectivity index (χ1) is 15.5. The van der Waals surface area contributed by atoms with E-state index in [2.05, 4.69) is 60.6 Å². The highest BCUT2D eigenvalue weighted by Gasteiger charge is 2.32. The molecule has 1 saturated carbocycles. The topological polar surface area (TPSA) is 19.0 Å². The standard InChI is InChI=1S/C28H47N3O.ClH/c1-5-6-13-29-14-16-31(17-15-29)27-22-25(30-18-20-32-21-19-30)11-12-26(27)23-7-9-24(10-8-23)28(2,3)4;/h11-12,22-24H,5-10,13-21H2,1-4H3;1H. The third-order valence-electron chi connectivity index (χ3n) is 8.32. The van der Waals surface area contributed by atoms with Gasteiger partial charge in [0.05, 0.1) is 13.2 Å². The molecule has 5 heteroatoms. The third-order valence-corrected chi connectivity index (χ3v) is 8.32. The molecule has 188 valence electrons. The Kier molecular flexibility index (Phi) is 9.79. The SMILES string of the molecule is CCCCN1CCN(c2cc(N3CCOCC3)ccc2C2CCC(C(C)(C)C)CC2)CC1.Cl. The van der Waals surface area contributed by atoms with Crippen molar-refractivity contribution in [2.24, 2.45) is 11.3 Å². The van der Waals surface area contributed by atoms with Crippen LogP contribution in [0.4, 0.5) is 11.4 Å². The van der Waals surface area contributed by atoms with Gasteiger partial charge in [-0.05, 0) is 73.6 Å². The van der Waals surface area contributed by atoms with Crippen molar-refractivity contribution in [1.82, 2.24) is 4.90 Å². The maximum Gasteiger partial charge on any atom is 0.0642 e. The van der Waals surface area contributed by atoms with Crippen LogP contribution in [0.2, 0.25) is 0 Å². The quantitative estimate of drug-likeness (QED) is 0.486. The van der Waals surface area contributed by atoms with Gasteiger partial charge in [0.2, 0.25) is 0 Å².